The lowest BCUT2D eigenvalue weighted by Gasteiger charge is -2.06. The molecule has 0 aliphatic carbocycles. The number of halogens is 1. The number of carbonyl (C=O) groups is 1. The Morgan fingerprint density at radius 2 is 2.10 bits per heavy atom. The van der Waals surface area contributed by atoms with Gasteiger partial charge in [0.2, 0.25) is 11.6 Å². The van der Waals surface area contributed by atoms with Crippen LogP contribution in [0.15, 0.2) is 36.4 Å². The van der Waals surface area contributed by atoms with Gasteiger partial charge in [0.05, 0.1) is 4.92 Å². The number of carboxylic acid groups (broad SMARTS) is 1. The van der Waals surface area contributed by atoms with E-state index in [1.807, 2.05) is 0 Å². The van der Waals surface area contributed by atoms with E-state index in [9.17, 15) is 19.3 Å². The quantitative estimate of drug-likeness (QED) is 0.681. The molecular weight excluding hydrogens is 271 g/mol. The van der Waals surface area contributed by atoms with Crippen molar-refractivity contribution in [2.24, 2.45) is 0 Å². The van der Waals surface area contributed by atoms with Crippen molar-refractivity contribution in [1.82, 2.24) is 4.98 Å². The van der Waals surface area contributed by atoms with Gasteiger partial charge in [-0.15, -0.1) is 0 Å². The number of hydrogen-bond donors (Lipinski definition) is 1. The minimum Gasteiger partial charge on any atom is -0.477 e. The number of aromatic carboxylic acids is 1. The number of hydrogen-bond acceptors (Lipinski definition) is 5. The van der Waals surface area contributed by atoms with Gasteiger partial charge in [-0.3, -0.25) is 10.1 Å². The molecule has 0 radical (unpaired) electrons. The fourth-order valence-corrected chi connectivity index (χ4v) is 1.42. The molecule has 2 rings (SSSR count). The minimum atomic E-state index is -1.27. The summed E-state index contributed by atoms with van der Waals surface area (Å²) in [4.78, 5) is 24.4. The van der Waals surface area contributed by atoms with Crippen molar-refractivity contribution in [3.63, 3.8) is 0 Å². The predicted octanol–water partition coefficient (Wildman–Crippen LogP) is 2.62. The summed E-state index contributed by atoms with van der Waals surface area (Å²) < 4.78 is 18.2. The molecular formula is C12H7FN2O5. The Bertz CT molecular complexity index is 689. The lowest BCUT2D eigenvalue weighted by molar-refractivity contribution is -0.385. The van der Waals surface area contributed by atoms with Gasteiger partial charge in [0.15, 0.2) is 5.69 Å². The van der Waals surface area contributed by atoms with Crippen molar-refractivity contribution in [2.45, 2.75) is 0 Å². The highest BCUT2D eigenvalue weighted by Gasteiger charge is 2.17. The van der Waals surface area contributed by atoms with Crippen molar-refractivity contribution in [1.29, 1.82) is 0 Å². The Balaban J connectivity index is 2.39. The molecule has 20 heavy (non-hydrogen) atoms. The van der Waals surface area contributed by atoms with Crippen LogP contribution in [-0.2, 0) is 0 Å². The number of nitro benzene ring substituents is 1. The molecule has 0 saturated heterocycles. The molecule has 1 N–H and O–H groups in total. The lowest BCUT2D eigenvalue weighted by Crippen LogP contribution is -2.01. The van der Waals surface area contributed by atoms with Gasteiger partial charge in [0.25, 0.3) is 0 Å². The number of nitro groups is 1. The van der Waals surface area contributed by atoms with Crippen LogP contribution in [0.3, 0.4) is 0 Å². The predicted molar refractivity (Wildman–Crippen MR) is 64.3 cm³/mol. The number of pyridine rings is 1. The Morgan fingerprint density at radius 1 is 1.35 bits per heavy atom. The second-order valence-corrected chi connectivity index (χ2v) is 3.64. The highest BCUT2D eigenvalue weighted by Crippen LogP contribution is 2.31. The molecule has 0 amide bonds. The third-order valence-corrected chi connectivity index (χ3v) is 2.28. The van der Waals surface area contributed by atoms with Crippen molar-refractivity contribution in [3.8, 4) is 11.6 Å². The summed E-state index contributed by atoms with van der Waals surface area (Å²) >= 11 is 0. The van der Waals surface area contributed by atoms with Crippen molar-refractivity contribution in [3.05, 3.63) is 58.0 Å². The van der Waals surface area contributed by atoms with E-state index in [0.29, 0.717) is 0 Å². The second kappa shape index (κ2) is 5.31. The Kier molecular flexibility index (Phi) is 3.56. The fraction of sp³-hybridized carbons (Fsp3) is 0. The monoisotopic (exact) mass is 278 g/mol. The molecule has 0 saturated carbocycles. The maximum absolute atomic E-state index is 13.1. The second-order valence-electron chi connectivity index (χ2n) is 3.64. The summed E-state index contributed by atoms with van der Waals surface area (Å²) in [5, 5.41) is 19.6. The van der Waals surface area contributed by atoms with Crippen LogP contribution in [-0.4, -0.2) is 21.0 Å². The van der Waals surface area contributed by atoms with Crippen LogP contribution < -0.4 is 4.74 Å². The molecule has 0 atom stereocenters. The smallest absolute Gasteiger partial charge is 0.354 e. The molecule has 7 nitrogen and oxygen atoms in total. The van der Waals surface area contributed by atoms with Crippen LogP contribution in [0.5, 0.6) is 11.6 Å². The average Bonchev–Trinajstić information content (AvgIpc) is 2.38. The highest BCUT2D eigenvalue weighted by molar-refractivity contribution is 5.85. The van der Waals surface area contributed by atoms with Crippen LogP contribution in [0.4, 0.5) is 10.1 Å². The number of nitrogens with zero attached hydrogens (tertiary/aromatic N) is 2. The van der Waals surface area contributed by atoms with Gasteiger partial charge in [0.1, 0.15) is 5.82 Å². The first kappa shape index (κ1) is 13.4. The molecule has 0 aliphatic heterocycles. The van der Waals surface area contributed by atoms with E-state index in [-0.39, 0.29) is 17.3 Å². The van der Waals surface area contributed by atoms with Gasteiger partial charge < -0.3 is 9.84 Å². The third-order valence-electron chi connectivity index (χ3n) is 2.28. The molecule has 0 spiro atoms. The van der Waals surface area contributed by atoms with E-state index in [4.69, 9.17) is 9.84 Å². The molecule has 1 aromatic heterocycles. The zero-order valence-electron chi connectivity index (χ0n) is 9.82. The summed E-state index contributed by atoms with van der Waals surface area (Å²) in [5.41, 5.74) is -0.740. The standard InChI is InChI=1S/C12H7FN2O5/c13-7-4-5-9(15(18)19)10(6-7)20-11-3-1-2-8(14-11)12(16)17/h1-6H,(H,16,17). The van der Waals surface area contributed by atoms with Gasteiger partial charge in [-0.1, -0.05) is 6.07 Å². The SMILES string of the molecule is O=C(O)c1cccc(Oc2cc(F)ccc2[N+](=O)[O-])n1. The van der Waals surface area contributed by atoms with Crippen molar-refractivity contribution in [2.75, 3.05) is 0 Å². The zero-order chi connectivity index (χ0) is 14.7. The molecule has 102 valence electrons. The van der Waals surface area contributed by atoms with Crippen LogP contribution in [0.25, 0.3) is 0 Å². The average molecular weight is 278 g/mol. The van der Waals surface area contributed by atoms with E-state index in [1.54, 1.807) is 0 Å². The van der Waals surface area contributed by atoms with Crippen LogP contribution in [0, 0.1) is 15.9 Å². The topological polar surface area (TPSA) is 103 Å². The Labute approximate surface area is 111 Å². The van der Waals surface area contributed by atoms with E-state index >= 15 is 0 Å². The molecule has 8 heteroatoms. The maximum atomic E-state index is 13.1. The van der Waals surface area contributed by atoms with Gasteiger partial charge >= 0.3 is 11.7 Å². The fourth-order valence-electron chi connectivity index (χ4n) is 1.42. The molecule has 0 aliphatic rings. The van der Waals surface area contributed by atoms with Crippen molar-refractivity contribution < 1.29 is 24.0 Å². The first-order valence-electron chi connectivity index (χ1n) is 5.29. The number of carboxylic acids is 1. The molecule has 2 aromatic rings. The maximum Gasteiger partial charge on any atom is 0.354 e. The Hall–Kier alpha value is -3.03. The molecule has 0 fully saturated rings. The van der Waals surface area contributed by atoms with Crippen molar-refractivity contribution >= 4 is 11.7 Å². The highest BCUT2D eigenvalue weighted by atomic mass is 19.1. The first-order chi connectivity index (χ1) is 9.47. The molecule has 1 heterocycles. The van der Waals surface area contributed by atoms with Crippen LogP contribution >= 0.6 is 0 Å². The van der Waals surface area contributed by atoms with E-state index in [2.05, 4.69) is 4.98 Å². The summed E-state index contributed by atoms with van der Waals surface area (Å²) in [7, 11) is 0. The third kappa shape index (κ3) is 2.86. The minimum absolute atomic E-state index is 0.182. The van der Waals surface area contributed by atoms with Gasteiger partial charge in [0, 0.05) is 18.2 Å². The first-order valence-corrected chi connectivity index (χ1v) is 5.29. The number of ether oxygens (including phenoxy) is 1. The lowest BCUT2D eigenvalue weighted by atomic mass is 10.3. The van der Waals surface area contributed by atoms with Crippen LogP contribution in [0.2, 0.25) is 0 Å². The largest absolute Gasteiger partial charge is 0.477 e. The van der Waals surface area contributed by atoms with Gasteiger partial charge in [-0.05, 0) is 12.1 Å². The zero-order valence-corrected chi connectivity index (χ0v) is 9.82. The number of aromatic nitrogens is 1. The molecule has 0 bridgehead atoms. The van der Waals surface area contributed by atoms with Gasteiger partial charge in [-0.25, -0.2) is 14.2 Å². The summed E-state index contributed by atoms with van der Waals surface area (Å²) in [6, 6.07) is 6.60. The summed E-state index contributed by atoms with van der Waals surface area (Å²) in [6.07, 6.45) is 0. The Morgan fingerprint density at radius 3 is 2.75 bits per heavy atom. The molecule has 1 aromatic carbocycles. The van der Waals surface area contributed by atoms with E-state index < -0.39 is 22.4 Å². The summed E-state index contributed by atoms with van der Waals surface area (Å²) in [5.74, 6) is -2.53. The normalized spacial score (nSPS) is 10.1. The summed E-state index contributed by atoms with van der Waals surface area (Å²) in [6.45, 7) is 0. The van der Waals surface area contributed by atoms with E-state index in [0.717, 1.165) is 18.2 Å². The number of benzene rings is 1. The van der Waals surface area contributed by atoms with Gasteiger partial charge in [-0.2, -0.15) is 0 Å². The number of rotatable bonds is 4. The van der Waals surface area contributed by atoms with E-state index in [1.165, 1.54) is 18.2 Å². The molecule has 0 unspecified atom stereocenters. The van der Waals surface area contributed by atoms with Crippen LogP contribution in [0.1, 0.15) is 10.5 Å².